The summed E-state index contributed by atoms with van der Waals surface area (Å²) in [6, 6.07) is 1.99. The Hall–Kier alpha value is -2.38. The lowest BCUT2D eigenvalue weighted by Crippen LogP contribution is -2.32. The van der Waals surface area contributed by atoms with Gasteiger partial charge in [-0.3, -0.25) is 4.79 Å². The lowest BCUT2D eigenvalue weighted by atomic mass is 10.1. The van der Waals surface area contributed by atoms with Gasteiger partial charge in [0, 0.05) is 12.5 Å². The van der Waals surface area contributed by atoms with E-state index in [4.69, 9.17) is 9.57 Å². The first-order valence-electron chi connectivity index (χ1n) is 8.55. The number of anilines is 1. The van der Waals surface area contributed by atoms with Crippen LogP contribution in [0.5, 0.6) is 0 Å². The molecule has 2 heterocycles. The Morgan fingerprint density at radius 1 is 1.40 bits per heavy atom. The number of oxime groups is 1. The molecular formula is C17H24N4O4. The van der Waals surface area contributed by atoms with Crippen LogP contribution in [-0.2, 0) is 19.2 Å². The molecule has 1 aromatic rings. The average molecular weight is 348 g/mol. The summed E-state index contributed by atoms with van der Waals surface area (Å²) >= 11 is 0. The highest BCUT2D eigenvalue weighted by atomic mass is 16.7. The van der Waals surface area contributed by atoms with Crippen molar-refractivity contribution in [2.24, 2.45) is 11.1 Å². The van der Waals surface area contributed by atoms with Gasteiger partial charge in [-0.1, -0.05) is 5.16 Å². The highest BCUT2D eigenvalue weighted by Gasteiger charge is 2.35. The third kappa shape index (κ3) is 4.18. The lowest BCUT2D eigenvalue weighted by molar-refractivity contribution is -0.146. The van der Waals surface area contributed by atoms with Gasteiger partial charge in [-0.05, 0) is 46.5 Å². The zero-order chi connectivity index (χ0) is 18.2. The van der Waals surface area contributed by atoms with Crippen molar-refractivity contribution in [2.75, 3.05) is 5.32 Å². The number of amides is 1. The summed E-state index contributed by atoms with van der Waals surface area (Å²) in [5, 5.41) is 10.8. The zero-order valence-corrected chi connectivity index (χ0v) is 15.0. The van der Waals surface area contributed by atoms with Crippen molar-refractivity contribution in [2.45, 2.75) is 64.7 Å². The van der Waals surface area contributed by atoms with Gasteiger partial charge in [-0.15, -0.1) is 0 Å². The van der Waals surface area contributed by atoms with Crippen LogP contribution in [0.2, 0.25) is 0 Å². The van der Waals surface area contributed by atoms with Crippen molar-refractivity contribution in [3.8, 4) is 0 Å². The Morgan fingerprint density at radius 2 is 2.12 bits per heavy atom. The largest absolute Gasteiger partial charge is 0.455 e. The maximum absolute atomic E-state index is 12.4. The molecular weight excluding hydrogens is 324 g/mol. The molecule has 1 amide bonds. The molecule has 1 fully saturated rings. The molecule has 8 nitrogen and oxygen atoms in total. The lowest BCUT2D eigenvalue weighted by Gasteiger charge is -2.18. The predicted octanol–water partition coefficient (Wildman–Crippen LogP) is 2.28. The second kappa shape index (κ2) is 6.50. The molecule has 0 saturated heterocycles. The second-order valence-electron chi connectivity index (χ2n) is 7.57. The minimum absolute atomic E-state index is 0.0903. The number of nitrogens with zero attached hydrogens (tertiary/aromatic N) is 3. The van der Waals surface area contributed by atoms with Crippen LogP contribution in [0.1, 0.15) is 53.0 Å². The number of hydrogen-bond donors (Lipinski definition) is 1. The van der Waals surface area contributed by atoms with E-state index in [0.29, 0.717) is 11.7 Å². The van der Waals surface area contributed by atoms with Crippen LogP contribution < -0.4 is 5.32 Å². The Bertz CT molecular complexity index is 700. The number of esters is 1. The van der Waals surface area contributed by atoms with Crippen LogP contribution >= 0.6 is 0 Å². The SMILES string of the molecule is C[C@@H](C1CC1)n1nccc1NC(=O)[C@@H]1CC(C(=O)OC(C)(C)C)=NO1. The number of hydrogen-bond acceptors (Lipinski definition) is 6. The molecule has 1 aromatic heterocycles. The van der Waals surface area contributed by atoms with Gasteiger partial charge in [0.15, 0.2) is 5.71 Å². The van der Waals surface area contributed by atoms with Gasteiger partial charge in [0.05, 0.1) is 12.2 Å². The van der Waals surface area contributed by atoms with Crippen molar-refractivity contribution in [1.82, 2.24) is 9.78 Å². The zero-order valence-electron chi connectivity index (χ0n) is 15.0. The Labute approximate surface area is 146 Å². The van der Waals surface area contributed by atoms with E-state index in [-0.39, 0.29) is 24.1 Å². The van der Waals surface area contributed by atoms with Crippen molar-refractivity contribution < 1.29 is 19.2 Å². The first kappa shape index (κ1) is 17.4. The van der Waals surface area contributed by atoms with Crippen LogP contribution in [0.25, 0.3) is 0 Å². The molecule has 0 unspecified atom stereocenters. The molecule has 25 heavy (non-hydrogen) atoms. The van der Waals surface area contributed by atoms with Gasteiger partial charge in [0.1, 0.15) is 11.4 Å². The maximum atomic E-state index is 12.4. The van der Waals surface area contributed by atoms with E-state index < -0.39 is 17.7 Å². The van der Waals surface area contributed by atoms with Crippen molar-refractivity contribution >= 4 is 23.4 Å². The van der Waals surface area contributed by atoms with Crippen molar-refractivity contribution in [3.63, 3.8) is 0 Å². The molecule has 0 aromatic carbocycles. The minimum atomic E-state index is -0.845. The third-order valence-electron chi connectivity index (χ3n) is 4.21. The van der Waals surface area contributed by atoms with Crippen molar-refractivity contribution in [3.05, 3.63) is 12.3 Å². The Balaban J connectivity index is 1.57. The summed E-state index contributed by atoms with van der Waals surface area (Å²) in [4.78, 5) is 29.5. The Kier molecular flexibility index (Phi) is 4.53. The molecule has 2 aliphatic rings. The summed E-state index contributed by atoms with van der Waals surface area (Å²) in [5.74, 6) is 0.321. The smallest absolute Gasteiger partial charge is 0.356 e. The molecule has 0 radical (unpaired) electrons. The number of nitrogens with one attached hydrogen (secondary N) is 1. The molecule has 1 saturated carbocycles. The fourth-order valence-corrected chi connectivity index (χ4v) is 2.70. The van der Waals surface area contributed by atoms with Gasteiger partial charge in [-0.25, -0.2) is 9.48 Å². The van der Waals surface area contributed by atoms with E-state index in [2.05, 4.69) is 22.5 Å². The molecule has 1 N–H and O–H groups in total. The molecule has 136 valence electrons. The fraction of sp³-hybridized carbons (Fsp3) is 0.647. The minimum Gasteiger partial charge on any atom is -0.455 e. The van der Waals surface area contributed by atoms with E-state index in [0.717, 1.165) is 0 Å². The van der Waals surface area contributed by atoms with Gasteiger partial charge < -0.3 is 14.9 Å². The normalized spacial score (nSPS) is 21.3. The highest BCUT2D eigenvalue weighted by Crippen LogP contribution is 2.40. The summed E-state index contributed by atoms with van der Waals surface area (Å²) in [6.07, 6.45) is 3.28. The summed E-state index contributed by atoms with van der Waals surface area (Å²) in [7, 11) is 0. The topological polar surface area (TPSA) is 94.8 Å². The van der Waals surface area contributed by atoms with Gasteiger partial charge in [0.2, 0.25) is 6.10 Å². The fourth-order valence-electron chi connectivity index (χ4n) is 2.70. The van der Waals surface area contributed by atoms with E-state index >= 15 is 0 Å². The van der Waals surface area contributed by atoms with Gasteiger partial charge in [-0.2, -0.15) is 5.10 Å². The van der Waals surface area contributed by atoms with Gasteiger partial charge >= 0.3 is 5.97 Å². The molecule has 0 bridgehead atoms. The molecule has 2 atom stereocenters. The van der Waals surface area contributed by atoms with E-state index in [1.54, 1.807) is 33.0 Å². The first-order valence-corrected chi connectivity index (χ1v) is 8.55. The van der Waals surface area contributed by atoms with Crippen LogP contribution in [0.15, 0.2) is 17.4 Å². The predicted molar refractivity (Wildman–Crippen MR) is 91.1 cm³/mol. The summed E-state index contributed by atoms with van der Waals surface area (Å²) < 4.78 is 7.06. The summed E-state index contributed by atoms with van der Waals surface area (Å²) in [6.45, 7) is 7.41. The highest BCUT2D eigenvalue weighted by molar-refractivity contribution is 6.37. The average Bonchev–Trinajstić information content (AvgIpc) is 3.06. The van der Waals surface area contributed by atoms with E-state index in [1.165, 1.54) is 12.8 Å². The standard InChI is InChI=1S/C17H24N4O4/c1-10(11-5-6-11)21-14(7-8-18-21)19-15(22)13-9-12(20-25-13)16(23)24-17(2,3)4/h7-8,10-11,13H,5-6,9H2,1-4H3,(H,19,22)/t10-,13-/m0/s1. The number of aromatic nitrogens is 2. The van der Waals surface area contributed by atoms with Crippen molar-refractivity contribution in [1.29, 1.82) is 0 Å². The van der Waals surface area contributed by atoms with Crippen LogP contribution in [0.3, 0.4) is 0 Å². The number of rotatable bonds is 5. The molecule has 0 spiro atoms. The second-order valence-corrected chi connectivity index (χ2v) is 7.57. The van der Waals surface area contributed by atoms with Crippen LogP contribution in [0.4, 0.5) is 5.82 Å². The molecule has 8 heteroatoms. The van der Waals surface area contributed by atoms with Crippen LogP contribution in [0, 0.1) is 5.92 Å². The Morgan fingerprint density at radius 3 is 2.76 bits per heavy atom. The number of ether oxygens (including phenoxy) is 1. The number of carbonyl (C=O) groups excluding carboxylic acids is 2. The monoisotopic (exact) mass is 348 g/mol. The summed E-state index contributed by atoms with van der Waals surface area (Å²) in [5.41, 5.74) is -0.499. The first-order chi connectivity index (χ1) is 11.7. The molecule has 3 rings (SSSR count). The third-order valence-corrected chi connectivity index (χ3v) is 4.21. The van der Waals surface area contributed by atoms with Crippen LogP contribution in [-0.4, -0.2) is 39.1 Å². The number of carbonyl (C=O) groups is 2. The molecule has 1 aliphatic heterocycles. The van der Waals surface area contributed by atoms with E-state index in [9.17, 15) is 9.59 Å². The molecule has 1 aliphatic carbocycles. The maximum Gasteiger partial charge on any atom is 0.356 e. The quantitative estimate of drug-likeness (QED) is 0.824. The van der Waals surface area contributed by atoms with Gasteiger partial charge in [0.25, 0.3) is 5.91 Å². The van der Waals surface area contributed by atoms with E-state index in [1.807, 2.05) is 4.68 Å².